The molecule has 0 aliphatic carbocycles. The molecular weight excluding hydrogens is 1150 g/mol. The van der Waals surface area contributed by atoms with Crippen molar-refractivity contribution in [2.24, 2.45) is 41.4 Å². The lowest BCUT2D eigenvalue weighted by Crippen LogP contribution is -2.63. The molecule has 25 heteroatoms. The van der Waals surface area contributed by atoms with Crippen molar-refractivity contribution in [1.29, 1.82) is 0 Å². The van der Waals surface area contributed by atoms with Crippen molar-refractivity contribution in [2.75, 3.05) is 67.9 Å². The van der Waals surface area contributed by atoms with E-state index in [4.69, 9.17) is 0 Å². The Kier molecular flexibility index (Phi) is 33.3. The lowest BCUT2D eigenvalue weighted by Gasteiger charge is -2.41. The summed E-state index contributed by atoms with van der Waals surface area (Å²) in [6, 6.07) is -13.0. The average Bonchev–Trinajstić information content (AvgIpc) is 1.34. The van der Waals surface area contributed by atoms with Gasteiger partial charge in [-0.05, 0) is 93.8 Å². The van der Waals surface area contributed by atoms with Crippen molar-refractivity contribution < 1.29 is 62.1 Å². The first-order valence-electron chi connectivity index (χ1n) is 31.3. The van der Waals surface area contributed by atoms with Gasteiger partial charge >= 0.3 is 0 Å². The SMILES string of the molecule is C/C=C/C[C@@H](C)[C@@H](O)[C@H]1C(=O)N[C@@H](CC)C(=O)N(C)CC(=O)N(C)[C@@H](CC(C)C)C(=O)N[C@@H](C(C)C)C(=O)N(C)[C@@H](CC(C)C)C(=O)N[C@@H](C)C(=O)N[C@H](CS(C)=O)C(=O)N(C)[C@@H](CC(C)C)C(=O)N(C)[C@@H](CC(C)C)C(=O)N(C)[C@@H](C(C)C)C(=O)N1C. The number of allylic oxidation sites excluding steroid dienone is 2. The fourth-order valence-corrected chi connectivity index (χ4v) is 11.6. The van der Waals surface area contributed by atoms with E-state index in [-0.39, 0.29) is 61.5 Å². The molecule has 24 nitrogen and oxygen atoms in total. The van der Waals surface area contributed by atoms with Gasteiger partial charge < -0.3 is 60.7 Å². The molecule has 1 unspecified atom stereocenters. The number of nitrogens with zero attached hydrogens (tertiary/aromatic N) is 7. The minimum Gasteiger partial charge on any atom is -0.390 e. The zero-order chi connectivity index (χ0) is 68.3. The Labute approximate surface area is 528 Å². The van der Waals surface area contributed by atoms with E-state index in [0.29, 0.717) is 6.42 Å². The number of carbonyl (C=O) groups is 11. The van der Waals surface area contributed by atoms with Gasteiger partial charge in [0, 0.05) is 66.4 Å². The average molecular weight is 1260 g/mol. The minimum absolute atomic E-state index is 0.0102. The maximum absolute atomic E-state index is 15.2. The second kappa shape index (κ2) is 36.6. The summed E-state index contributed by atoms with van der Waals surface area (Å²) in [5.74, 6) is -10.8. The Morgan fingerprint density at radius 1 is 0.500 bits per heavy atom. The molecule has 1 saturated heterocycles. The fraction of sp³-hybridized carbons (Fsp3) is 0.794. The topological polar surface area (TPSA) is 296 Å². The van der Waals surface area contributed by atoms with Crippen LogP contribution in [0.2, 0.25) is 0 Å². The zero-order valence-electron chi connectivity index (χ0n) is 57.6. The number of hydrogen-bond donors (Lipinski definition) is 5. The normalized spacial score (nSPS) is 26.8. The van der Waals surface area contributed by atoms with Crippen LogP contribution in [0, 0.1) is 41.4 Å². The van der Waals surface area contributed by atoms with Crippen molar-refractivity contribution >= 4 is 75.8 Å². The van der Waals surface area contributed by atoms with Crippen molar-refractivity contribution in [2.45, 2.75) is 216 Å². The molecule has 1 aliphatic heterocycles. The molecular formula is C63H113N11O13S. The number of aliphatic hydroxyl groups is 1. The van der Waals surface area contributed by atoms with Gasteiger partial charge in [-0.2, -0.15) is 0 Å². The molecule has 0 aromatic rings. The summed E-state index contributed by atoms with van der Waals surface area (Å²) in [5, 5.41) is 23.0. The zero-order valence-corrected chi connectivity index (χ0v) is 58.4. The highest BCUT2D eigenvalue weighted by Crippen LogP contribution is 2.26. The maximum atomic E-state index is 15.2. The second-order valence-electron chi connectivity index (χ2n) is 26.7. The van der Waals surface area contributed by atoms with Crippen LogP contribution in [0.4, 0.5) is 0 Å². The standard InChI is InChI=1S/C63H113N11O13S/c1-25-27-28-41(15)53(76)52-57(80)65-43(26-2)58(81)68(17)33-49(75)69(18)45(29-35(3)4)56(79)67-50(39(11)12)62(85)70(19)46(30-36(5)6)55(78)64-42(16)54(77)66-44(34-88(24)87)59(82)71(20)47(31-37(7)8)60(83)72(21)48(32-38(9)10)61(84)73(22)51(40(13)14)63(86)74(52)23/h25,27,35-48,50-53,76H,26,28-34H2,1-24H3,(H,64,78)(H,65,80)(H,66,77)(H,67,79)/b27-25+/t41-,42+,43+,44-,45+,46+,47+,48+,50+,51+,52+,53-,88?/m1/s1. The summed E-state index contributed by atoms with van der Waals surface area (Å²) in [6.07, 6.45) is 4.15. The van der Waals surface area contributed by atoms with E-state index in [0.717, 1.165) is 14.7 Å². The van der Waals surface area contributed by atoms with E-state index in [1.165, 1.54) is 82.1 Å². The van der Waals surface area contributed by atoms with Crippen LogP contribution in [-0.2, 0) is 63.5 Å². The minimum atomic E-state index is -1.70. The molecule has 0 aromatic heterocycles. The number of hydrogen-bond acceptors (Lipinski definition) is 13. The smallest absolute Gasteiger partial charge is 0.246 e. The molecule has 1 heterocycles. The summed E-state index contributed by atoms with van der Waals surface area (Å²) in [7, 11) is 8.05. The van der Waals surface area contributed by atoms with Crippen molar-refractivity contribution in [3.63, 3.8) is 0 Å². The summed E-state index contributed by atoms with van der Waals surface area (Å²) in [5.41, 5.74) is 0. The first-order valence-corrected chi connectivity index (χ1v) is 33.0. The number of amides is 11. The van der Waals surface area contributed by atoms with Crippen LogP contribution in [0.5, 0.6) is 0 Å². The van der Waals surface area contributed by atoms with E-state index >= 15 is 14.4 Å². The number of rotatable bonds is 17. The Hall–Kier alpha value is -5.98. The lowest BCUT2D eigenvalue weighted by atomic mass is 9.91. The van der Waals surface area contributed by atoms with Crippen LogP contribution in [0.25, 0.3) is 0 Å². The van der Waals surface area contributed by atoms with Gasteiger partial charge in [0.05, 0.1) is 18.4 Å². The molecule has 1 rings (SSSR count). The third-order valence-corrected chi connectivity index (χ3v) is 17.2. The largest absolute Gasteiger partial charge is 0.390 e. The summed E-state index contributed by atoms with van der Waals surface area (Å²) >= 11 is 0. The molecule has 0 spiro atoms. The second-order valence-corrected chi connectivity index (χ2v) is 28.1. The van der Waals surface area contributed by atoms with Crippen LogP contribution in [0.15, 0.2) is 12.2 Å². The Balaban J connectivity index is 4.43. The molecule has 0 aromatic carbocycles. The third kappa shape index (κ3) is 22.8. The van der Waals surface area contributed by atoms with E-state index in [1.54, 1.807) is 60.6 Å². The Morgan fingerprint density at radius 3 is 1.36 bits per heavy atom. The number of carbonyl (C=O) groups excluding carboxylic acids is 11. The number of aliphatic hydroxyl groups excluding tert-OH is 1. The molecule has 504 valence electrons. The molecule has 0 saturated carbocycles. The van der Waals surface area contributed by atoms with Crippen LogP contribution < -0.4 is 21.3 Å². The molecule has 1 fully saturated rings. The first kappa shape index (κ1) is 80.0. The Bertz CT molecular complexity index is 2450. The summed E-state index contributed by atoms with van der Waals surface area (Å²) in [4.78, 5) is 170. The van der Waals surface area contributed by atoms with Crippen LogP contribution in [0.3, 0.4) is 0 Å². The third-order valence-electron chi connectivity index (χ3n) is 16.4. The highest BCUT2D eigenvalue weighted by Gasteiger charge is 2.46. The van der Waals surface area contributed by atoms with Crippen LogP contribution in [0.1, 0.15) is 149 Å². The van der Waals surface area contributed by atoms with Gasteiger partial charge in [-0.1, -0.05) is 109 Å². The molecule has 13 atom stereocenters. The van der Waals surface area contributed by atoms with E-state index < -0.39 is 167 Å². The van der Waals surface area contributed by atoms with Crippen LogP contribution >= 0.6 is 0 Å². The van der Waals surface area contributed by atoms with Crippen molar-refractivity contribution in [1.82, 2.24) is 55.6 Å². The monoisotopic (exact) mass is 1260 g/mol. The predicted molar refractivity (Wildman–Crippen MR) is 342 cm³/mol. The molecule has 11 amide bonds. The van der Waals surface area contributed by atoms with Gasteiger partial charge in [0.25, 0.3) is 0 Å². The highest BCUT2D eigenvalue weighted by atomic mass is 32.2. The molecule has 5 N–H and O–H groups in total. The highest BCUT2D eigenvalue weighted by molar-refractivity contribution is 7.84. The molecule has 88 heavy (non-hydrogen) atoms. The van der Waals surface area contributed by atoms with Gasteiger partial charge in [0.15, 0.2) is 0 Å². The van der Waals surface area contributed by atoms with Gasteiger partial charge in [-0.3, -0.25) is 56.9 Å². The van der Waals surface area contributed by atoms with Gasteiger partial charge in [0.2, 0.25) is 65.0 Å². The van der Waals surface area contributed by atoms with Crippen molar-refractivity contribution in [3.05, 3.63) is 12.2 Å². The quantitative estimate of drug-likeness (QED) is 0.131. The Morgan fingerprint density at radius 2 is 0.920 bits per heavy atom. The van der Waals surface area contributed by atoms with E-state index in [9.17, 15) is 47.7 Å². The molecule has 0 radical (unpaired) electrons. The summed E-state index contributed by atoms with van der Waals surface area (Å²) in [6.45, 7) is 27.6. The van der Waals surface area contributed by atoms with Gasteiger partial charge in [0.1, 0.15) is 60.4 Å². The van der Waals surface area contributed by atoms with Crippen molar-refractivity contribution in [3.8, 4) is 0 Å². The van der Waals surface area contributed by atoms with E-state index in [2.05, 4.69) is 21.3 Å². The summed E-state index contributed by atoms with van der Waals surface area (Å²) < 4.78 is 13.0. The van der Waals surface area contributed by atoms with E-state index in [1.807, 2.05) is 55.4 Å². The molecule has 1 aliphatic rings. The first-order chi connectivity index (χ1) is 40.6. The van der Waals surface area contributed by atoms with Gasteiger partial charge in [-0.25, -0.2) is 0 Å². The fourth-order valence-electron chi connectivity index (χ4n) is 10.9. The molecule has 0 bridgehead atoms. The van der Waals surface area contributed by atoms with Crippen LogP contribution in [-0.4, -0.2) is 243 Å². The lowest BCUT2D eigenvalue weighted by molar-refractivity contribution is -0.157. The maximum Gasteiger partial charge on any atom is 0.246 e. The van der Waals surface area contributed by atoms with Gasteiger partial charge in [-0.15, -0.1) is 0 Å². The number of nitrogens with one attached hydrogen (secondary N) is 4. The predicted octanol–water partition coefficient (Wildman–Crippen LogP) is 2.63. The number of likely N-dealkylation sites (N-methyl/N-ethyl adjacent to an activating group) is 7.